The van der Waals surface area contributed by atoms with Crippen molar-refractivity contribution in [3.05, 3.63) is 41.7 Å². The molecule has 162 valence electrons. The van der Waals surface area contributed by atoms with Gasteiger partial charge in [0.1, 0.15) is 0 Å². The molecule has 0 aliphatic heterocycles. The molecule has 0 saturated heterocycles. The van der Waals surface area contributed by atoms with Crippen LogP contribution in [0.25, 0.3) is 0 Å². The van der Waals surface area contributed by atoms with Crippen molar-refractivity contribution in [3.8, 4) is 0 Å². The third kappa shape index (κ3) is 3.18. The zero-order chi connectivity index (χ0) is 21.3. The number of benzene rings is 1. The molecular weight excluding hydrogens is 379 g/mol. The molecule has 6 aliphatic carbocycles. The van der Waals surface area contributed by atoms with E-state index in [9.17, 15) is 0 Å². The molecule has 0 nitrogen and oxygen atoms in total. The third-order valence-corrected chi connectivity index (χ3v) is 11.9. The lowest BCUT2D eigenvalue weighted by Gasteiger charge is -2.66. The Balaban J connectivity index is 1.39. The van der Waals surface area contributed by atoms with Gasteiger partial charge in [0.25, 0.3) is 0 Å². The molecule has 0 amide bonds. The fourth-order valence-electron chi connectivity index (χ4n) is 8.71. The number of hydrogen-bond acceptors (Lipinski definition) is 1. The first-order valence-corrected chi connectivity index (χ1v) is 13.5. The van der Waals surface area contributed by atoms with E-state index in [1.165, 1.54) is 30.6 Å². The van der Waals surface area contributed by atoms with E-state index < -0.39 is 0 Å². The summed E-state index contributed by atoms with van der Waals surface area (Å²) in [4.78, 5) is 1.37. The number of fused-ring (bicyclic) bond motifs is 4. The van der Waals surface area contributed by atoms with Crippen molar-refractivity contribution in [2.75, 3.05) is 0 Å². The topological polar surface area (TPSA) is 0 Å². The van der Waals surface area contributed by atoms with Crippen molar-refractivity contribution in [1.29, 1.82) is 0 Å². The number of rotatable bonds is 5. The van der Waals surface area contributed by atoms with E-state index in [0.717, 1.165) is 53.9 Å². The predicted octanol–water partition coefficient (Wildman–Crippen LogP) is 8.47. The maximum absolute atomic E-state index is 2.68. The van der Waals surface area contributed by atoms with E-state index >= 15 is 0 Å². The Morgan fingerprint density at radius 3 is 1.73 bits per heavy atom. The van der Waals surface area contributed by atoms with Gasteiger partial charge >= 0.3 is 0 Å². The van der Waals surface area contributed by atoms with Crippen LogP contribution in [0.1, 0.15) is 67.2 Å². The molecule has 4 bridgehead atoms. The van der Waals surface area contributed by atoms with Gasteiger partial charge in [-0.1, -0.05) is 96.0 Å². The molecule has 0 unspecified atom stereocenters. The molecule has 7 rings (SSSR count). The van der Waals surface area contributed by atoms with Crippen LogP contribution in [-0.4, -0.2) is 6.71 Å². The average Bonchev–Trinajstić information content (AvgIpc) is 2.72. The largest absolute Gasteiger partial charge is 0.174 e. The summed E-state index contributed by atoms with van der Waals surface area (Å²) in [6.45, 7) is 16.2. The van der Waals surface area contributed by atoms with Crippen LogP contribution in [0.3, 0.4) is 0 Å². The summed E-state index contributed by atoms with van der Waals surface area (Å²) in [6, 6.07) is 10.9. The summed E-state index contributed by atoms with van der Waals surface area (Å²) < 4.78 is 0. The maximum Gasteiger partial charge on any atom is 0.174 e. The molecule has 0 heterocycles. The Morgan fingerprint density at radius 1 is 0.800 bits per heavy atom. The highest BCUT2D eigenvalue weighted by Gasteiger charge is 2.61. The minimum absolute atomic E-state index is 0.589. The zero-order valence-corrected chi connectivity index (χ0v) is 20.8. The van der Waals surface area contributed by atoms with Gasteiger partial charge in [0.2, 0.25) is 0 Å². The van der Waals surface area contributed by atoms with Crippen LogP contribution in [0.4, 0.5) is 0 Å². The molecule has 1 aromatic carbocycles. The van der Waals surface area contributed by atoms with Crippen molar-refractivity contribution in [2.45, 2.75) is 83.8 Å². The smallest absolute Gasteiger partial charge is 0.108 e. The quantitative estimate of drug-likeness (QED) is 0.340. The van der Waals surface area contributed by atoms with Gasteiger partial charge in [-0.3, -0.25) is 0 Å². The van der Waals surface area contributed by atoms with Gasteiger partial charge in [0.15, 0.2) is 6.71 Å². The maximum atomic E-state index is 2.68. The van der Waals surface area contributed by atoms with Crippen molar-refractivity contribution in [1.82, 2.24) is 0 Å². The van der Waals surface area contributed by atoms with Crippen LogP contribution >= 0.6 is 11.8 Å². The van der Waals surface area contributed by atoms with E-state index in [1.807, 2.05) is 11.8 Å². The standard InChI is InChI=1S/C28H41BS/c1-18-23-14-20(27(23,3)4)16-25(18)29(12-13-30-22-10-8-7-9-11-22)26-17-21-15-24(19(26)2)28(21,5)6/h7-13,18-21,23-26H,14-17H2,1-6H3/b13-12+/t18-,19-,20+,21+,23-,24-,25-,26-/m1/s1. The summed E-state index contributed by atoms with van der Waals surface area (Å²) in [7, 11) is 0. The summed E-state index contributed by atoms with van der Waals surface area (Å²) in [5.41, 5.74) is 1.18. The first-order chi connectivity index (χ1) is 14.2. The van der Waals surface area contributed by atoms with E-state index in [4.69, 9.17) is 0 Å². The van der Waals surface area contributed by atoms with Crippen LogP contribution < -0.4 is 0 Å². The van der Waals surface area contributed by atoms with Crippen LogP contribution in [0.15, 0.2) is 46.6 Å². The van der Waals surface area contributed by atoms with Gasteiger partial charge < -0.3 is 0 Å². The molecule has 8 atom stereocenters. The third-order valence-electron chi connectivity index (χ3n) is 11.1. The summed E-state index contributed by atoms with van der Waals surface area (Å²) in [5.74, 6) is 10.0. The van der Waals surface area contributed by atoms with Gasteiger partial charge in [-0.25, -0.2) is 0 Å². The van der Waals surface area contributed by atoms with Crippen molar-refractivity contribution in [2.24, 2.45) is 46.3 Å². The van der Waals surface area contributed by atoms with E-state index in [1.54, 1.807) is 0 Å². The summed E-state index contributed by atoms with van der Waals surface area (Å²) in [6.07, 6.45) is 5.94. The summed E-state index contributed by atoms with van der Waals surface area (Å²) >= 11 is 1.92. The first-order valence-electron chi connectivity index (χ1n) is 12.6. The van der Waals surface area contributed by atoms with Gasteiger partial charge in [-0.15, -0.1) is 5.98 Å². The van der Waals surface area contributed by atoms with Crippen molar-refractivity contribution >= 4 is 18.5 Å². The van der Waals surface area contributed by atoms with E-state index in [-0.39, 0.29) is 0 Å². The van der Waals surface area contributed by atoms with Gasteiger partial charge in [-0.05, 0) is 76.7 Å². The highest BCUT2D eigenvalue weighted by Crippen LogP contribution is 2.69. The van der Waals surface area contributed by atoms with Gasteiger partial charge in [-0.2, -0.15) is 0 Å². The SMILES string of the molecule is C[C@@H]1[C@H]2C[C@@H](C[C@H]1B(/C=C/Sc1ccccc1)[C@@H]1C[C@@H]3C[C@H]([C@H]1C)C3(C)C)C2(C)C. The van der Waals surface area contributed by atoms with Gasteiger partial charge in [0, 0.05) is 4.90 Å². The molecule has 6 saturated carbocycles. The highest BCUT2D eigenvalue weighted by molar-refractivity contribution is 8.02. The minimum Gasteiger partial charge on any atom is -0.108 e. The van der Waals surface area contributed by atoms with Crippen LogP contribution in [0.5, 0.6) is 0 Å². The molecule has 0 N–H and O–H groups in total. The molecule has 0 aromatic heterocycles. The molecule has 6 fully saturated rings. The van der Waals surface area contributed by atoms with Crippen LogP contribution in [0, 0.1) is 46.3 Å². The molecule has 30 heavy (non-hydrogen) atoms. The second-order valence-electron chi connectivity index (χ2n) is 12.6. The number of thioether (sulfide) groups is 1. The Labute approximate surface area is 190 Å². The molecule has 2 heteroatoms. The van der Waals surface area contributed by atoms with Crippen LogP contribution in [0.2, 0.25) is 11.6 Å². The molecule has 6 aliphatic rings. The fraction of sp³-hybridized carbons (Fsp3) is 0.714. The van der Waals surface area contributed by atoms with Crippen molar-refractivity contribution in [3.63, 3.8) is 0 Å². The lowest BCUT2D eigenvalue weighted by atomic mass is 9.21. The predicted molar refractivity (Wildman–Crippen MR) is 133 cm³/mol. The fourth-order valence-corrected chi connectivity index (χ4v) is 9.44. The number of hydrogen-bond donors (Lipinski definition) is 0. The Kier molecular flexibility index (Phi) is 5.28. The van der Waals surface area contributed by atoms with E-state index in [2.05, 4.69) is 83.3 Å². The van der Waals surface area contributed by atoms with Gasteiger partial charge in [0.05, 0.1) is 0 Å². The molecule has 1 aromatic rings. The summed E-state index contributed by atoms with van der Waals surface area (Å²) in [5, 5.41) is 2.45. The molecule has 0 spiro atoms. The zero-order valence-electron chi connectivity index (χ0n) is 20.0. The van der Waals surface area contributed by atoms with Crippen molar-refractivity contribution < 1.29 is 0 Å². The minimum atomic E-state index is 0.589. The lowest BCUT2D eigenvalue weighted by molar-refractivity contribution is -0.107. The average molecular weight is 421 g/mol. The second-order valence-corrected chi connectivity index (χ2v) is 13.6. The second kappa shape index (κ2) is 7.46. The highest BCUT2D eigenvalue weighted by atomic mass is 32.2. The monoisotopic (exact) mass is 420 g/mol. The lowest BCUT2D eigenvalue weighted by Crippen LogP contribution is -2.59. The normalized spacial score (nSPS) is 43.0. The molecule has 0 radical (unpaired) electrons. The van der Waals surface area contributed by atoms with Crippen LogP contribution in [-0.2, 0) is 0 Å². The molecular formula is C28H41BS. The Hall–Kier alpha value is -0.625. The first kappa shape index (κ1) is 21.2. The Bertz CT molecular complexity index is 754. The Morgan fingerprint density at radius 2 is 1.30 bits per heavy atom. The van der Waals surface area contributed by atoms with E-state index in [0.29, 0.717) is 10.8 Å².